The Balaban J connectivity index is 1.93. The average molecular weight is 264 g/mol. The SMILES string of the molecule is Cc1cc2cccnc2n1-c1ccc2c(c1)CCOC2. The van der Waals surface area contributed by atoms with E-state index in [1.807, 2.05) is 12.3 Å². The molecule has 1 aliphatic rings. The Morgan fingerprint density at radius 2 is 2.10 bits per heavy atom. The van der Waals surface area contributed by atoms with E-state index in [1.54, 1.807) is 0 Å². The first kappa shape index (κ1) is 11.7. The molecule has 0 amide bonds. The molecule has 1 aliphatic heterocycles. The number of aryl methyl sites for hydroxylation is 1. The molecular formula is C17H16N2O. The third kappa shape index (κ3) is 1.74. The van der Waals surface area contributed by atoms with Gasteiger partial charge < -0.3 is 4.74 Å². The molecule has 4 rings (SSSR count). The van der Waals surface area contributed by atoms with Crippen molar-refractivity contribution < 1.29 is 4.74 Å². The van der Waals surface area contributed by atoms with Crippen LogP contribution in [0.15, 0.2) is 42.6 Å². The summed E-state index contributed by atoms with van der Waals surface area (Å²) in [5.74, 6) is 0. The quantitative estimate of drug-likeness (QED) is 0.673. The molecule has 0 saturated heterocycles. The van der Waals surface area contributed by atoms with Gasteiger partial charge in [0.05, 0.1) is 13.2 Å². The fourth-order valence-corrected chi connectivity index (χ4v) is 2.98. The van der Waals surface area contributed by atoms with Gasteiger partial charge in [-0.15, -0.1) is 0 Å². The maximum atomic E-state index is 5.50. The zero-order valence-corrected chi connectivity index (χ0v) is 11.5. The fourth-order valence-electron chi connectivity index (χ4n) is 2.98. The molecule has 0 radical (unpaired) electrons. The molecule has 3 heterocycles. The summed E-state index contributed by atoms with van der Waals surface area (Å²) in [6, 6.07) is 12.9. The van der Waals surface area contributed by atoms with Crippen LogP contribution in [0.1, 0.15) is 16.8 Å². The predicted molar refractivity (Wildman–Crippen MR) is 79.2 cm³/mol. The molecule has 20 heavy (non-hydrogen) atoms. The molecule has 0 unspecified atom stereocenters. The second kappa shape index (κ2) is 4.46. The van der Waals surface area contributed by atoms with Crippen molar-refractivity contribution in [2.75, 3.05) is 6.61 Å². The van der Waals surface area contributed by atoms with Gasteiger partial charge in [0, 0.05) is 23.0 Å². The van der Waals surface area contributed by atoms with E-state index in [-0.39, 0.29) is 0 Å². The number of pyridine rings is 1. The number of fused-ring (bicyclic) bond motifs is 2. The van der Waals surface area contributed by atoms with E-state index in [0.29, 0.717) is 0 Å². The van der Waals surface area contributed by atoms with Crippen LogP contribution in [0.2, 0.25) is 0 Å². The molecule has 0 fully saturated rings. The van der Waals surface area contributed by atoms with Gasteiger partial charge in [-0.25, -0.2) is 4.98 Å². The molecule has 1 aromatic carbocycles. The molecule has 3 heteroatoms. The minimum absolute atomic E-state index is 0.735. The van der Waals surface area contributed by atoms with Crippen LogP contribution in [-0.2, 0) is 17.8 Å². The second-order valence-electron chi connectivity index (χ2n) is 5.29. The number of hydrogen-bond acceptors (Lipinski definition) is 2. The fraction of sp³-hybridized carbons (Fsp3) is 0.235. The normalized spacial score (nSPS) is 14.4. The molecule has 0 saturated carbocycles. The van der Waals surface area contributed by atoms with E-state index in [9.17, 15) is 0 Å². The third-order valence-corrected chi connectivity index (χ3v) is 3.97. The van der Waals surface area contributed by atoms with E-state index in [1.165, 1.54) is 27.9 Å². The Morgan fingerprint density at radius 1 is 1.15 bits per heavy atom. The van der Waals surface area contributed by atoms with Crippen molar-refractivity contribution in [1.29, 1.82) is 0 Å². The molecule has 0 spiro atoms. The topological polar surface area (TPSA) is 27.1 Å². The Kier molecular flexibility index (Phi) is 2.60. The van der Waals surface area contributed by atoms with Crippen LogP contribution in [0.4, 0.5) is 0 Å². The molecule has 0 aliphatic carbocycles. The third-order valence-electron chi connectivity index (χ3n) is 3.97. The van der Waals surface area contributed by atoms with Gasteiger partial charge in [0.1, 0.15) is 5.65 Å². The highest BCUT2D eigenvalue weighted by Crippen LogP contribution is 2.25. The van der Waals surface area contributed by atoms with Crippen LogP contribution in [0.25, 0.3) is 16.7 Å². The molecule has 0 N–H and O–H groups in total. The molecule has 2 aromatic heterocycles. The van der Waals surface area contributed by atoms with Crippen molar-refractivity contribution in [2.45, 2.75) is 20.0 Å². The smallest absolute Gasteiger partial charge is 0.144 e. The first-order valence-corrected chi connectivity index (χ1v) is 6.96. The second-order valence-corrected chi connectivity index (χ2v) is 5.29. The zero-order chi connectivity index (χ0) is 13.5. The van der Waals surface area contributed by atoms with E-state index < -0.39 is 0 Å². The summed E-state index contributed by atoms with van der Waals surface area (Å²) in [6.07, 6.45) is 2.85. The van der Waals surface area contributed by atoms with Gasteiger partial charge >= 0.3 is 0 Å². The first-order valence-electron chi connectivity index (χ1n) is 6.96. The summed E-state index contributed by atoms with van der Waals surface area (Å²) in [4.78, 5) is 4.53. The number of rotatable bonds is 1. The molecular weight excluding hydrogens is 248 g/mol. The van der Waals surface area contributed by atoms with Crippen molar-refractivity contribution >= 4 is 11.0 Å². The minimum Gasteiger partial charge on any atom is -0.376 e. The lowest BCUT2D eigenvalue weighted by Gasteiger charge is -2.18. The van der Waals surface area contributed by atoms with E-state index in [4.69, 9.17) is 4.74 Å². The van der Waals surface area contributed by atoms with Crippen LogP contribution >= 0.6 is 0 Å². The lowest BCUT2D eigenvalue weighted by molar-refractivity contribution is 0.111. The minimum atomic E-state index is 0.735. The Labute approximate surface area is 117 Å². The summed E-state index contributed by atoms with van der Waals surface area (Å²) in [6.45, 7) is 3.68. The van der Waals surface area contributed by atoms with Gasteiger partial charge in [-0.1, -0.05) is 6.07 Å². The van der Waals surface area contributed by atoms with Crippen molar-refractivity contribution in [3.05, 3.63) is 59.4 Å². The van der Waals surface area contributed by atoms with Crippen LogP contribution in [0, 0.1) is 6.92 Å². The Bertz CT molecular complexity index is 789. The van der Waals surface area contributed by atoms with Crippen molar-refractivity contribution in [3.8, 4) is 5.69 Å². The monoisotopic (exact) mass is 264 g/mol. The van der Waals surface area contributed by atoms with E-state index >= 15 is 0 Å². The van der Waals surface area contributed by atoms with Gasteiger partial charge in [-0.2, -0.15) is 0 Å². The van der Waals surface area contributed by atoms with Gasteiger partial charge in [-0.3, -0.25) is 4.57 Å². The molecule has 3 nitrogen and oxygen atoms in total. The van der Waals surface area contributed by atoms with Crippen molar-refractivity contribution in [2.24, 2.45) is 0 Å². The molecule has 100 valence electrons. The number of nitrogens with zero attached hydrogens (tertiary/aromatic N) is 2. The number of ether oxygens (including phenoxy) is 1. The largest absolute Gasteiger partial charge is 0.376 e. The van der Waals surface area contributed by atoms with Crippen LogP contribution < -0.4 is 0 Å². The lowest BCUT2D eigenvalue weighted by Crippen LogP contribution is -2.10. The highest BCUT2D eigenvalue weighted by Gasteiger charge is 2.13. The summed E-state index contributed by atoms with van der Waals surface area (Å²) in [5, 5.41) is 1.19. The highest BCUT2D eigenvalue weighted by atomic mass is 16.5. The lowest BCUT2D eigenvalue weighted by atomic mass is 10.0. The van der Waals surface area contributed by atoms with Crippen LogP contribution in [0.3, 0.4) is 0 Å². The predicted octanol–water partition coefficient (Wildman–Crippen LogP) is 3.41. The van der Waals surface area contributed by atoms with Crippen LogP contribution in [-0.4, -0.2) is 16.2 Å². The molecule has 0 atom stereocenters. The Hall–Kier alpha value is -2.13. The van der Waals surface area contributed by atoms with Gasteiger partial charge in [0.2, 0.25) is 0 Å². The number of hydrogen-bond donors (Lipinski definition) is 0. The maximum Gasteiger partial charge on any atom is 0.144 e. The zero-order valence-electron chi connectivity index (χ0n) is 11.5. The van der Waals surface area contributed by atoms with Crippen molar-refractivity contribution in [3.63, 3.8) is 0 Å². The van der Waals surface area contributed by atoms with Gasteiger partial charge in [0.25, 0.3) is 0 Å². The van der Waals surface area contributed by atoms with Crippen molar-refractivity contribution in [1.82, 2.24) is 9.55 Å². The first-order chi connectivity index (χ1) is 9.83. The average Bonchev–Trinajstić information content (AvgIpc) is 2.82. The summed E-state index contributed by atoms with van der Waals surface area (Å²) < 4.78 is 7.73. The molecule has 0 bridgehead atoms. The number of aromatic nitrogens is 2. The number of benzene rings is 1. The Morgan fingerprint density at radius 3 is 3.05 bits per heavy atom. The van der Waals surface area contributed by atoms with E-state index in [2.05, 4.69) is 46.8 Å². The van der Waals surface area contributed by atoms with E-state index in [0.717, 1.165) is 25.3 Å². The van der Waals surface area contributed by atoms with Gasteiger partial charge in [-0.05, 0) is 54.8 Å². The van der Waals surface area contributed by atoms with Gasteiger partial charge in [0.15, 0.2) is 0 Å². The highest BCUT2D eigenvalue weighted by molar-refractivity contribution is 5.79. The standard InChI is InChI=1S/C17H16N2O/c1-12-9-14-3-2-7-18-17(14)19(12)16-5-4-15-11-20-8-6-13(15)10-16/h2-5,7,9-10H,6,8,11H2,1H3. The summed E-state index contributed by atoms with van der Waals surface area (Å²) in [7, 11) is 0. The maximum absolute atomic E-state index is 5.50. The summed E-state index contributed by atoms with van der Waals surface area (Å²) >= 11 is 0. The van der Waals surface area contributed by atoms with Crippen LogP contribution in [0.5, 0.6) is 0 Å². The summed E-state index contributed by atoms with van der Waals surface area (Å²) in [5.41, 5.74) is 6.13. The molecule has 3 aromatic rings.